The SMILES string of the molecule is Cc1cnccc1CNC(=O)C1(C)CCCN1. The average Bonchev–Trinajstić information content (AvgIpc) is 2.76. The molecule has 1 aromatic heterocycles. The van der Waals surface area contributed by atoms with Crippen molar-refractivity contribution >= 4 is 5.91 Å². The normalized spacial score (nSPS) is 23.6. The second-order valence-electron chi connectivity index (χ2n) is 4.85. The van der Waals surface area contributed by atoms with E-state index in [1.807, 2.05) is 26.1 Å². The van der Waals surface area contributed by atoms with Gasteiger partial charge in [-0.2, -0.15) is 0 Å². The van der Waals surface area contributed by atoms with Gasteiger partial charge < -0.3 is 10.6 Å². The highest BCUT2D eigenvalue weighted by atomic mass is 16.2. The molecule has 4 nitrogen and oxygen atoms in total. The van der Waals surface area contributed by atoms with Crippen LogP contribution in [-0.4, -0.2) is 23.0 Å². The van der Waals surface area contributed by atoms with E-state index in [9.17, 15) is 4.79 Å². The third kappa shape index (κ3) is 2.64. The Kier molecular flexibility index (Phi) is 3.43. The topological polar surface area (TPSA) is 54.0 Å². The summed E-state index contributed by atoms with van der Waals surface area (Å²) in [5.41, 5.74) is 1.84. The third-order valence-electron chi connectivity index (χ3n) is 3.45. The Morgan fingerprint density at radius 2 is 2.47 bits per heavy atom. The van der Waals surface area contributed by atoms with E-state index in [4.69, 9.17) is 0 Å². The number of aryl methyl sites for hydroxylation is 1. The van der Waals surface area contributed by atoms with Gasteiger partial charge in [0.15, 0.2) is 0 Å². The smallest absolute Gasteiger partial charge is 0.240 e. The van der Waals surface area contributed by atoms with Crippen LogP contribution >= 0.6 is 0 Å². The fourth-order valence-electron chi connectivity index (χ4n) is 2.16. The standard InChI is InChI=1S/C13H19N3O/c1-10-8-14-7-4-11(10)9-15-12(17)13(2)5-3-6-16-13/h4,7-8,16H,3,5-6,9H2,1-2H3,(H,15,17). The van der Waals surface area contributed by atoms with Crippen LogP contribution in [0.2, 0.25) is 0 Å². The number of hydrogen-bond acceptors (Lipinski definition) is 3. The summed E-state index contributed by atoms with van der Waals surface area (Å²) in [5.74, 6) is 0.0891. The van der Waals surface area contributed by atoms with Crippen molar-refractivity contribution in [3.05, 3.63) is 29.6 Å². The molecule has 1 amide bonds. The maximum Gasteiger partial charge on any atom is 0.240 e. The number of hydrogen-bond donors (Lipinski definition) is 2. The number of carbonyl (C=O) groups is 1. The number of nitrogens with one attached hydrogen (secondary N) is 2. The van der Waals surface area contributed by atoms with Gasteiger partial charge in [-0.3, -0.25) is 9.78 Å². The highest BCUT2D eigenvalue weighted by molar-refractivity contribution is 5.86. The van der Waals surface area contributed by atoms with Gasteiger partial charge in [0.2, 0.25) is 5.91 Å². The average molecular weight is 233 g/mol. The second kappa shape index (κ2) is 4.84. The lowest BCUT2D eigenvalue weighted by atomic mass is 9.99. The maximum absolute atomic E-state index is 12.1. The predicted molar refractivity (Wildman–Crippen MR) is 66.5 cm³/mol. The summed E-state index contributed by atoms with van der Waals surface area (Å²) in [5, 5.41) is 6.25. The molecule has 0 radical (unpaired) electrons. The summed E-state index contributed by atoms with van der Waals surface area (Å²) < 4.78 is 0. The number of nitrogens with zero attached hydrogens (tertiary/aromatic N) is 1. The molecule has 1 saturated heterocycles. The molecule has 0 bridgehead atoms. The molecule has 4 heteroatoms. The molecule has 0 spiro atoms. The van der Waals surface area contributed by atoms with Crippen LogP contribution in [0.1, 0.15) is 30.9 Å². The Balaban J connectivity index is 1.94. The van der Waals surface area contributed by atoms with E-state index < -0.39 is 0 Å². The van der Waals surface area contributed by atoms with Gasteiger partial charge in [-0.1, -0.05) is 0 Å². The van der Waals surface area contributed by atoms with E-state index in [1.165, 1.54) is 0 Å². The van der Waals surface area contributed by atoms with Crippen molar-refractivity contribution in [3.63, 3.8) is 0 Å². The van der Waals surface area contributed by atoms with E-state index in [2.05, 4.69) is 15.6 Å². The highest BCUT2D eigenvalue weighted by Crippen LogP contribution is 2.18. The highest BCUT2D eigenvalue weighted by Gasteiger charge is 2.35. The fraction of sp³-hybridized carbons (Fsp3) is 0.538. The second-order valence-corrected chi connectivity index (χ2v) is 4.85. The zero-order chi connectivity index (χ0) is 12.3. The first-order valence-electron chi connectivity index (χ1n) is 6.05. The van der Waals surface area contributed by atoms with Crippen LogP contribution in [0.25, 0.3) is 0 Å². The van der Waals surface area contributed by atoms with Gasteiger partial charge in [0.05, 0.1) is 5.54 Å². The van der Waals surface area contributed by atoms with Crippen LogP contribution in [0.5, 0.6) is 0 Å². The first-order valence-corrected chi connectivity index (χ1v) is 6.05. The van der Waals surface area contributed by atoms with E-state index in [0.717, 1.165) is 30.5 Å². The van der Waals surface area contributed by atoms with Gasteiger partial charge in [-0.05, 0) is 50.4 Å². The molecule has 0 aromatic carbocycles. The van der Waals surface area contributed by atoms with Gasteiger partial charge in [-0.15, -0.1) is 0 Å². The third-order valence-corrected chi connectivity index (χ3v) is 3.45. The molecule has 2 N–H and O–H groups in total. The summed E-state index contributed by atoms with van der Waals surface area (Å²) in [7, 11) is 0. The quantitative estimate of drug-likeness (QED) is 0.823. The van der Waals surface area contributed by atoms with Crippen molar-refractivity contribution in [1.82, 2.24) is 15.6 Å². The van der Waals surface area contributed by atoms with Crippen molar-refractivity contribution in [2.75, 3.05) is 6.54 Å². The Labute approximate surface area is 102 Å². The zero-order valence-corrected chi connectivity index (χ0v) is 10.4. The Hall–Kier alpha value is -1.42. The molecule has 1 aliphatic rings. The molecule has 1 atom stereocenters. The molecular weight excluding hydrogens is 214 g/mol. The summed E-state index contributed by atoms with van der Waals surface area (Å²) in [4.78, 5) is 16.1. The summed E-state index contributed by atoms with van der Waals surface area (Å²) >= 11 is 0. The van der Waals surface area contributed by atoms with E-state index in [1.54, 1.807) is 6.20 Å². The number of amides is 1. The minimum atomic E-state index is -0.388. The summed E-state index contributed by atoms with van der Waals surface area (Å²) in [6.07, 6.45) is 5.55. The molecule has 0 saturated carbocycles. The first kappa shape index (κ1) is 12.0. The molecule has 0 aliphatic carbocycles. The minimum absolute atomic E-state index is 0.0891. The van der Waals surface area contributed by atoms with Crippen molar-refractivity contribution in [2.24, 2.45) is 0 Å². The van der Waals surface area contributed by atoms with Crippen LogP contribution in [0.4, 0.5) is 0 Å². The molecule has 92 valence electrons. The van der Waals surface area contributed by atoms with Gasteiger partial charge >= 0.3 is 0 Å². The Bertz CT molecular complexity index is 411. The van der Waals surface area contributed by atoms with Gasteiger partial charge in [-0.25, -0.2) is 0 Å². The van der Waals surface area contributed by atoms with E-state index >= 15 is 0 Å². The van der Waals surface area contributed by atoms with Crippen LogP contribution in [0.15, 0.2) is 18.5 Å². The van der Waals surface area contributed by atoms with Crippen LogP contribution in [0, 0.1) is 6.92 Å². The van der Waals surface area contributed by atoms with Crippen LogP contribution in [-0.2, 0) is 11.3 Å². The maximum atomic E-state index is 12.1. The van der Waals surface area contributed by atoms with E-state index in [0.29, 0.717) is 6.54 Å². The Morgan fingerprint density at radius 3 is 3.12 bits per heavy atom. The largest absolute Gasteiger partial charge is 0.350 e. The van der Waals surface area contributed by atoms with Gasteiger partial charge in [0.1, 0.15) is 0 Å². The summed E-state index contributed by atoms with van der Waals surface area (Å²) in [6, 6.07) is 1.94. The van der Waals surface area contributed by atoms with Crippen molar-refractivity contribution in [2.45, 2.75) is 38.8 Å². The predicted octanol–water partition coefficient (Wildman–Crippen LogP) is 1.15. The molecule has 2 rings (SSSR count). The Morgan fingerprint density at radius 1 is 1.65 bits per heavy atom. The fourth-order valence-corrected chi connectivity index (χ4v) is 2.16. The van der Waals surface area contributed by atoms with Gasteiger partial charge in [0, 0.05) is 18.9 Å². The lowest BCUT2D eigenvalue weighted by molar-refractivity contribution is -0.126. The lowest BCUT2D eigenvalue weighted by Gasteiger charge is -2.23. The zero-order valence-electron chi connectivity index (χ0n) is 10.4. The van der Waals surface area contributed by atoms with Crippen LogP contribution in [0.3, 0.4) is 0 Å². The summed E-state index contributed by atoms with van der Waals surface area (Å²) in [6.45, 7) is 5.47. The molecule has 1 aromatic rings. The number of rotatable bonds is 3. The monoisotopic (exact) mass is 233 g/mol. The molecule has 2 heterocycles. The van der Waals surface area contributed by atoms with Crippen molar-refractivity contribution < 1.29 is 4.79 Å². The molecular formula is C13H19N3O. The number of pyridine rings is 1. The molecule has 17 heavy (non-hydrogen) atoms. The molecule has 1 fully saturated rings. The van der Waals surface area contributed by atoms with Gasteiger partial charge in [0.25, 0.3) is 0 Å². The first-order chi connectivity index (χ1) is 8.12. The number of carbonyl (C=O) groups excluding carboxylic acids is 1. The molecule has 1 aliphatic heterocycles. The van der Waals surface area contributed by atoms with Crippen LogP contribution < -0.4 is 10.6 Å². The minimum Gasteiger partial charge on any atom is -0.350 e. The lowest BCUT2D eigenvalue weighted by Crippen LogP contribution is -2.50. The van der Waals surface area contributed by atoms with E-state index in [-0.39, 0.29) is 11.4 Å². The van der Waals surface area contributed by atoms with Crippen molar-refractivity contribution in [1.29, 1.82) is 0 Å². The van der Waals surface area contributed by atoms with Crippen molar-refractivity contribution in [3.8, 4) is 0 Å². The molecule has 1 unspecified atom stereocenters. The number of aromatic nitrogens is 1.